The number of aliphatic hydroxyl groups excluding tert-OH is 4. The molecule has 0 amide bonds. The van der Waals surface area contributed by atoms with Gasteiger partial charge in [-0.25, -0.2) is 0 Å². The van der Waals surface area contributed by atoms with E-state index in [1.807, 2.05) is 0 Å². The summed E-state index contributed by atoms with van der Waals surface area (Å²) in [5, 5.41) is 40.8. The molecule has 0 aromatic heterocycles. The third-order valence-corrected chi connectivity index (χ3v) is 3.36. The summed E-state index contributed by atoms with van der Waals surface area (Å²) in [5.74, 6) is -0.0582. The third-order valence-electron chi connectivity index (χ3n) is 3.36. The number of rotatable bonds is 7. The van der Waals surface area contributed by atoms with E-state index < -0.39 is 43.4 Å². The number of ether oxygens (including phenoxy) is 2. The minimum absolute atomic E-state index is 0.0497. The lowest BCUT2D eigenvalue weighted by atomic mass is 9.99. The van der Waals surface area contributed by atoms with Crippen LogP contribution in [0.2, 0.25) is 0 Å². The number of hydrogen-bond donors (Lipinski definition) is 5. The Morgan fingerprint density at radius 1 is 1.30 bits per heavy atom. The lowest BCUT2D eigenvalue weighted by Crippen LogP contribution is -2.59. The van der Waals surface area contributed by atoms with Crippen molar-refractivity contribution in [1.29, 1.82) is 0 Å². The van der Waals surface area contributed by atoms with Crippen LogP contribution in [0.3, 0.4) is 0 Å². The van der Waals surface area contributed by atoms with Gasteiger partial charge in [0.25, 0.3) is 0 Å². The highest BCUT2D eigenvalue weighted by Crippen LogP contribution is 2.22. The molecule has 1 fully saturated rings. The molecule has 5 N–H and O–H groups in total. The highest BCUT2D eigenvalue weighted by molar-refractivity contribution is 5.83. The zero-order chi connectivity index (χ0) is 15.3. The Labute approximate surface area is 117 Å². The SMILES string of the molecule is CCC(=O)[C@H](COC1OC(CO)C(O)C(O)C1O)NC. The molecule has 20 heavy (non-hydrogen) atoms. The average Bonchev–Trinajstić information content (AvgIpc) is 2.47. The molecular formula is C12H23NO7. The van der Waals surface area contributed by atoms with Crippen molar-refractivity contribution in [2.24, 2.45) is 0 Å². The molecule has 0 aliphatic carbocycles. The van der Waals surface area contributed by atoms with E-state index >= 15 is 0 Å². The Morgan fingerprint density at radius 3 is 2.45 bits per heavy atom. The number of carbonyl (C=O) groups excluding carboxylic acids is 1. The van der Waals surface area contributed by atoms with Crippen LogP contribution in [-0.2, 0) is 14.3 Å². The first-order valence-corrected chi connectivity index (χ1v) is 6.58. The number of likely N-dealkylation sites (N-methyl/N-ethyl adjacent to an activating group) is 1. The second kappa shape index (κ2) is 7.99. The first-order chi connectivity index (χ1) is 9.46. The zero-order valence-corrected chi connectivity index (χ0v) is 11.6. The molecule has 0 radical (unpaired) electrons. The highest BCUT2D eigenvalue weighted by atomic mass is 16.7. The quantitative estimate of drug-likeness (QED) is 0.345. The van der Waals surface area contributed by atoms with Crippen LogP contribution >= 0.6 is 0 Å². The average molecular weight is 293 g/mol. The molecule has 1 aliphatic heterocycles. The lowest BCUT2D eigenvalue weighted by molar-refractivity contribution is -0.301. The number of carbonyl (C=O) groups is 1. The number of nitrogens with one attached hydrogen (secondary N) is 1. The van der Waals surface area contributed by atoms with Crippen LogP contribution in [-0.4, -0.2) is 83.2 Å². The van der Waals surface area contributed by atoms with Gasteiger partial charge in [0.15, 0.2) is 12.1 Å². The van der Waals surface area contributed by atoms with Gasteiger partial charge in [-0.3, -0.25) is 4.79 Å². The first kappa shape index (κ1) is 17.4. The number of aliphatic hydroxyl groups is 4. The molecule has 0 aromatic rings. The zero-order valence-electron chi connectivity index (χ0n) is 11.6. The fourth-order valence-electron chi connectivity index (χ4n) is 1.98. The van der Waals surface area contributed by atoms with Crippen LogP contribution < -0.4 is 5.32 Å². The molecule has 1 rings (SSSR count). The van der Waals surface area contributed by atoms with Crippen molar-refractivity contribution in [1.82, 2.24) is 5.32 Å². The monoisotopic (exact) mass is 293 g/mol. The van der Waals surface area contributed by atoms with Crippen LogP contribution in [0, 0.1) is 0 Å². The second-order valence-corrected chi connectivity index (χ2v) is 4.69. The topological polar surface area (TPSA) is 128 Å². The van der Waals surface area contributed by atoms with Gasteiger partial charge < -0.3 is 35.2 Å². The lowest BCUT2D eigenvalue weighted by Gasteiger charge is -2.39. The molecule has 1 aliphatic rings. The molecule has 8 nitrogen and oxygen atoms in total. The van der Waals surface area contributed by atoms with Gasteiger partial charge in [0.05, 0.1) is 19.3 Å². The van der Waals surface area contributed by atoms with Gasteiger partial charge in [-0.2, -0.15) is 0 Å². The van der Waals surface area contributed by atoms with Gasteiger partial charge in [0, 0.05) is 6.42 Å². The van der Waals surface area contributed by atoms with E-state index in [-0.39, 0.29) is 12.4 Å². The molecule has 8 heteroatoms. The van der Waals surface area contributed by atoms with E-state index in [4.69, 9.17) is 14.6 Å². The molecule has 0 spiro atoms. The van der Waals surface area contributed by atoms with Gasteiger partial charge in [0.1, 0.15) is 24.4 Å². The van der Waals surface area contributed by atoms with Crippen molar-refractivity contribution in [2.75, 3.05) is 20.3 Å². The smallest absolute Gasteiger partial charge is 0.186 e. The summed E-state index contributed by atoms with van der Waals surface area (Å²) in [6.07, 6.45) is -6.27. The van der Waals surface area contributed by atoms with Gasteiger partial charge in [0.2, 0.25) is 0 Å². The summed E-state index contributed by atoms with van der Waals surface area (Å²) in [6.45, 7) is 1.15. The Morgan fingerprint density at radius 2 is 1.95 bits per heavy atom. The molecule has 118 valence electrons. The summed E-state index contributed by atoms with van der Waals surface area (Å²) in [5.41, 5.74) is 0. The fraction of sp³-hybridized carbons (Fsp3) is 0.917. The summed E-state index contributed by atoms with van der Waals surface area (Å²) in [6, 6.07) is -0.549. The Kier molecular flexibility index (Phi) is 6.96. The third kappa shape index (κ3) is 3.95. The van der Waals surface area contributed by atoms with Crippen molar-refractivity contribution >= 4 is 5.78 Å². The number of hydrogen-bond acceptors (Lipinski definition) is 8. The minimum atomic E-state index is -1.49. The van der Waals surface area contributed by atoms with E-state index in [0.717, 1.165) is 0 Å². The molecule has 0 bridgehead atoms. The standard InChI is InChI=1S/C12H23NO7/c1-3-7(15)6(13-2)5-19-12-11(18)10(17)9(16)8(4-14)20-12/h6,8-14,16-18H,3-5H2,1-2H3/t6-,8?,9?,10?,11?,12?/m0/s1. The molecule has 1 saturated heterocycles. The largest absolute Gasteiger partial charge is 0.394 e. The van der Waals surface area contributed by atoms with Crippen LogP contribution in [0.5, 0.6) is 0 Å². The van der Waals surface area contributed by atoms with E-state index in [0.29, 0.717) is 6.42 Å². The van der Waals surface area contributed by atoms with Crippen molar-refractivity contribution < 1.29 is 34.7 Å². The minimum Gasteiger partial charge on any atom is -0.394 e. The number of ketones is 1. The Bertz CT molecular complexity index is 312. The van der Waals surface area contributed by atoms with Gasteiger partial charge in [-0.05, 0) is 7.05 Å². The van der Waals surface area contributed by atoms with Gasteiger partial charge in [-0.15, -0.1) is 0 Å². The van der Waals surface area contributed by atoms with E-state index in [2.05, 4.69) is 5.32 Å². The maximum Gasteiger partial charge on any atom is 0.186 e. The van der Waals surface area contributed by atoms with Crippen LogP contribution in [0.4, 0.5) is 0 Å². The normalized spacial score (nSPS) is 35.8. The summed E-state index contributed by atoms with van der Waals surface area (Å²) < 4.78 is 10.5. The molecule has 0 saturated carbocycles. The predicted octanol–water partition coefficient (Wildman–Crippen LogP) is -2.63. The molecule has 6 atom stereocenters. The predicted molar refractivity (Wildman–Crippen MR) is 67.9 cm³/mol. The Balaban J connectivity index is 2.59. The summed E-state index contributed by atoms with van der Waals surface area (Å²) >= 11 is 0. The second-order valence-electron chi connectivity index (χ2n) is 4.69. The van der Waals surface area contributed by atoms with Gasteiger partial charge in [-0.1, -0.05) is 6.92 Å². The first-order valence-electron chi connectivity index (χ1n) is 6.58. The highest BCUT2D eigenvalue weighted by Gasteiger charge is 2.44. The van der Waals surface area contributed by atoms with Crippen molar-refractivity contribution in [3.05, 3.63) is 0 Å². The van der Waals surface area contributed by atoms with Crippen molar-refractivity contribution in [2.45, 2.75) is 50.1 Å². The molecule has 0 aromatic carbocycles. The molecule has 5 unspecified atom stereocenters. The fourth-order valence-corrected chi connectivity index (χ4v) is 1.98. The summed E-state index contributed by atoms with van der Waals surface area (Å²) in [7, 11) is 1.61. The number of Topliss-reactive ketones (excluding diaryl/α,β-unsaturated/α-hetero) is 1. The van der Waals surface area contributed by atoms with E-state index in [1.165, 1.54) is 0 Å². The van der Waals surface area contributed by atoms with E-state index in [9.17, 15) is 20.1 Å². The summed E-state index contributed by atoms with van der Waals surface area (Å²) in [4.78, 5) is 11.6. The van der Waals surface area contributed by atoms with Crippen LogP contribution in [0.1, 0.15) is 13.3 Å². The van der Waals surface area contributed by atoms with Crippen LogP contribution in [0.25, 0.3) is 0 Å². The van der Waals surface area contributed by atoms with Gasteiger partial charge >= 0.3 is 0 Å². The van der Waals surface area contributed by atoms with Crippen LogP contribution in [0.15, 0.2) is 0 Å². The van der Waals surface area contributed by atoms with E-state index in [1.54, 1.807) is 14.0 Å². The Hall–Kier alpha value is -0.610. The van der Waals surface area contributed by atoms with Crippen molar-refractivity contribution in [3.8, 4) is 0 Å². The molecular weight excluding hydrogens is 270 g/mol. The maximum absolute atomic E-state index is 11.6. The maximum atomic E-state index is 11.6. The molecule has 1 heterocycles. The van der Waals surface area contributed by atoms with Crippen molar-refractivity contribution in [3.63, 3.8) is 0 Å².